The molecular weight excluding hydrogens is 374 g/mol. The first-order valence-corrected chi connectivity index (χ1v) is 8.16. The highest BCUT2D eigenvalue weighted by Gasteiger charge is 2.21. The predicted molar refractivity (Wildman–Crippen MR) is 95.8 cm³/mol. The molecule has 140 valence electrons. The molecule has 9 nitrogen and oxygen atoms in total. The summed E-state index contributed by atoms with van der Waals surface area (Å²) in [6.07, 6.45) is 0. The monoisotopic (exact) mass is 389 g/mol. The van der Waals surface area contributed by atoms with E-state index < -0.39 is 6.02 Å². The molecule has 10 heteroatoms. The van der Waals surface area contributed by atoms with E-state index in [-0.39, 0.29) is 6.01 Å². The minimum Gasteiger partial charge on any atom is -0.846 e. The van der Waals surface area contributed by atoms with Crippen molar-refractivity contribution in [2.75, 3.05) is 19.5 Å². The molecule has 0 unspecified atom stereocenters. The number of nitrogens with one attached hydrogen (secondary N) is 1. The summed E-state index contributed by atoms with van der Waals surface area (Å²) in [5.74, 6) is 1.00. The van der Waals surface area contributed by atoms with Gasteiger partial charge in [0.15, 0.2) is 0 Å². The molecule has 0 bridgehead atoms. The Balaban J connectivity index is 1.84. The number of amidine groups is 1. The maximum atomic E-state index is 12.2. The largest absolute Gasteiger partial charge is 0.846 e. The van der Waals surface area contributed by atoms with E-state index in [1.807, 2.05) is 13.0 Å². The van der Waals surface area contributed by atoms with Crippen molar-refractivity contribution in [2.45, 2.75) is 6.92 Å². The van der Waals surface area contributed by atoms with Crippen LogP contribution < -0.4 is 24.7 Å². The molecule has 0 fully saturated rings. The molecular formula is C17H16ClN5O4. The van der Waals surface area contributed by atoms with Gasteiger partial charge in [-0.3, -0.25) is 4.52 Å². The Morgan fingerprint density at radius 3 is 2.81 bits per heavy atom. The van der Waals surface area contributed by atoms with Crippen molar-refractivity contribution in [1.82, 2.24) is 10.4 Å². The second kappa shape index (κ2) is 7.92. The summed E-state index contributed by atoms with van der Waals surface area (Å²) >= 11 is 6.23. The lowest BCUT2D eigenvalue weighted by molar-refractivity contribution is -0.724. The topological polar surface area (TPSA) is 109 Å². The Bertz CT molecular complexity index is 989. The van der Waals surface area contributed by atoms with Crippen LogP contribution in [0.1, 0.15) is 5.56 Å². The Labute approximate surface area is 159 Å². The van der Waals surface area contributed by atoms with Crippen molar-refractivity contribution < 1.29 is 23.9 Å². The van der Waals surface area contributed by atoms with Crippen LogP contribution in [0.2, 0.25) is 5.02 Å². The van der Waals surface area contributed by atoms with Gasteiger partial charge in [-0.15, -0.1) is 0 Å². The number of methoxy groups -OCH3 is 2. The molecule has 1 heterocycles. The van der Waals surface area contributed by atoms with E-state index in [9.17, 15) is 5.11 Å². The van der Waals surface area contributed by atoms with Crippen LogP contribution in [0, 0.1) is 6.92 Å². The van der Waals surface area contributed by atoms with Crippen molar-refractivity contribution in [3.63, 3.8) is 0 Å². The fourth-order valence-corrected chi connectivity index (χ4v) is 2.46. The summed E-state index contributed by atoms with van der Waals surface area (Å²) < 4.78 is 15.3. The third-order valence-electron chi connectivity index (χ3n) is 3.61. The Kier molecular flexibility index (Phi) is 5.41. The number of rotatable bonds is 5. The lowest BCUT2D eigenvalue weighted by Gasteiger charge is -2.15. The lowest BCUT2D eigenvalue weighted by Crippen LogP contribution is -2.36. The Hall–Kier alpha value is -3.33. The number of hydrogen-bond donors (Lipinski definition) is 1. The summed E-state index contributed by atoms with van der Waals surface area (Å²) in [6, 6.07) is 9.40. The van der Waals surface area contributed by atoms with E-state index in [1.54, 1.807) is 30.3 Å². The van der Waals surface area contributed by atoms with Crippen LogP contribution >= 0.6 is 11.6 Å². The minimum absolute atomic E-state index is 0.230. The first-order valence-electron chi connectivity index (χ1n) is 7.78. The van der Waals surface area contributed by atoms with Gasteiger partial charge in [-0.25, -0.2) is 0 Å². The quantitative estimate of drug-likeness (QED) is 0.402. The van der Waals surface area contributed by atoms with E-state index in [4.69, 9.17) is 25.6 Å². The van der Waals surface area contributed by atoms with Crippen molar-refractivity contribution >= 4 is 29.3 Å². The first kappa shape index (κ1) is 18.5. The third-order valence-corrected chi connectivity index (χ3v) is 4.10. The van der Waals surface area contributed by atoms with E-state index in [1.165, 1.54) is 14.2 Å². The average Bonchev–Trinajstić information content (AvgIpc) is 3.11. The van der Waals surface area contributed by atoms with Gasteiger partial charge in [-0.1, -0.05) is 23.7 Å². The second-order valence-electron chi connectivity index (χ2n) is 5.36. The summed E-state index contributed by atoms with van der Waals surface area (Å²) in [5, 5.41) is 23.0. The number of ether oxygens (including phenoxy) is 2. The number of nitrogens with zero attached hydrogens (tertiary/aromatic N) is 4. The fraction of sp³-hybridized carbons (Fsp3) is 0.176. The van der Waals surface area contributed by atoms with Gasteiger partial charge in [-0.2, -0.15) is 4.99 Å². The number of anilines is 1. The molecule has 3 rings (SSSR count). The van der Waals surface area contributed by atoms with E-state index in [0.717, 1.165) is 10.4 Å². The van der Waals surface area contributed by atoms with Crippen molar-refractivity contribution in [3.8, 4) is 17.2 Å². The SMILES string of the molecule is COc1ccc(OC)c(N/C([O-])=N/c2n[n+](-c3cccc(C)c3Cl)no2)c1. The molecule has 2 aromatic carbocycles. The molecule has 27 heavy (non-hydrogen) atoms. The number of aromatic nitrogens is 3. The predicted octanol–water partition coefficient (Wildman–Crippen LogP) is 1.79. The van der Waals surface area contributed by atoms with Crippen LogP contribution in [-0.2, 0) is 0 Å². The number of hydrogen-bond acceptors (Lipinski definition) is 7. The molecule has 0 radical (unpaired) electrons. The van der Waals surface area contributed by atoms with Crippen LogP contribution in [0.25, 0.3) is 5.69 Å². The summed E-state index contributed by atoms with van der Waals surface area (Å²) in [6.45, 7) is 1.85. The molecule has 0 atom stereocenters. The van der Waals surface area contributed by atoms with Crippen LogP contribution in [0.4, 0.5) is 11.7 Å². The Morgan fingerprint density at radius 2 is 2.07 bits per heavy atom. The highest BCUT2D eigenvalue weighted by Crippen LogP contribution is 2.28. The van der Waals surface area contributed by atoms with Crippen LogP contribution in [0.5, 0.6) is 11.5 Å². The van der Waals surface area contributed by atoms with Gasteiger partial charge in [0.05, 0.1) is 25.9 Å². The molecule has 0 aliphatic rings. The van der Waals surface area contributed by atoms with E-state index in [0.29, 0.717) is 27.9 Å². The maximum Gasteiger partial charge on any atom is 0.415 e. The van der Waals surface area contributed by atoms with E-state index >= 15 is 0 Å². The minimum atomic E-state index is -0.715. The zero-order valence-electron chi connectivity index (χ0n) is 14.8. The van der Waals surface area contributed by atoms with Crippen molar-refractivity contribution in [1.29, 1.82) is 0 Å². The molecule has 1 N–H and O–H groups in total. The second-order valence-corrected chi connectivity index (χ2v) is 5.74. The first-order chi connectivity index (χ1) is 13.0. The molecule has 0 aliphatic heterocycles. The fourth-order valence-electron chi connectivity index (χ4n) is 2.26. The van der Waals surface area contributed by atoms with Gasteiger partial charge in [0, 0.05) is 12.1 Å². The van der Waals surface area contributed by atoms with Crippen LogP contribution in [0.15, 0.2) is 45.9 Å². The highest BCUT2D eigenvalue weighted by atomic mass is 35.5. The van der Waals surface area contributed by atoms with Gasteiger partial charge in [0.2, 0.25) is 5.27 Å². The van der Waals surface area contributed by atoms with Gasteiger partial charge >= 0.3 is 6.01 Å². The summed E-state index contributed by atoms with van der Waals surface area (Å²) in [4.78, 5) is 4.89. The smallest absolute Gasteiger partial charge is 0.415 e. The van der Waals surface area contributed by atoms with E-state index in [2.05, 4.69) is 20.7 Å². The Morgan fingerprint density at radius 1 is 1.26 bits per heavy atom. The van der Waals surface area contributed by atoms with Gasteiger partial charge < -0.3 is 19.9 Å². The molecule has 1 aromatic heterocycles. The molecule has 3 aromatic rings. The third kappa shape index (κ3) is 4.09. The number of aliphatic imine (C=N–C) groups is 1. The number of benzene rings is 2. The van der Waals surface area contributed by atoms with Crippen LogP contribution in [0.3, 0.4) is 0 Å². The highest BCUT2D eigenvalue weighted by molar-refractivity contribution is 6.32. The van der Waals surface area contributed by atoms with Crippen molar-refractivity contribution in [2.24, 2.45) is 4.99 Å². The van der Waals surface area contributed by atoms with Crippen LogP contribution in [-0.4, -0.2) is 30.6 Å². The number of aryl methyl sites for hydroxylation is 1. The lowest BCUT2D eigenvalue weighted by atomic mass is 10.2. The molecule has 0 aliphatic carbocycles. The van der Waals surface area contributed by atoms with Crippen molar-refractivity contribution in [3.05, 3.63) is 47.0 Å². The summed E-state index contributed by atoms with van der Waals surface area (Å²) in [7, 11) is 3.01. The molecule has 0 saturated carbocycles. The maximum absolute atomic E-state index is 12.2. The summed E-state index contributed by atoms with van der Waals surface area (Å²) in [5.41, 5.74) is 1.75. The van der Waals surface area contributed by atoms with Gasteiger partial charge in [0.25, 0.3) is 5.69 Å². The zero-order valence-corrected chi connectivity index (χ0v) is 15.5. The normalized spacial score (nSPS) is 11.3. The molecule has 0 saturated heterocycles. The average molecular weight is 390 g/mol. The molecule has 0 spiro atoms. The number of halogens is 1. The standard InChI is InChI=1S/C17H16ClN5O4/c1-10-5-4-6-13(15(10)18)23-21-17(27-22-23)20-16(24)19-12-9-11(25-2)7-8-14(12)26-3/h4-9H,1-3H3,(H-,19,20,21,22,24). The van der Waals surface area contributed by atoms with Gasteiger partial charge in [0.1, 0.15) is 26.4 Å². The molecule has 0 amide bonds. The van der Waals surface area contributed by atoms with Gasteiger partial charge in [-0.05, 0) is 24.6 Å². The zero-order chi connectivity index (χ0) is 19.4.